The van der Waals surface area contributed by atoms with Gasteiger partial charge in [0.05, 0.1) is 49.1 Å². The van der Waals surface area contributed by atoms with E-state index in [0.717, 1.165) is 84.6 Å². The van der Waals surface area contributed by atoms with E-state index in [1.807, 2.05) is 6.20 Å². The number of ketones is 2. The van der Waals surface area contributed by atoms with Crippen molar-refractivity contribution in [3.63, 3.8) is 0 Å². The van der Waals surface area contributed by atoms with Gasteiger partial charge in [0.25, 0.3) is 5.91 Å². The molecule has 3 saturated heterocycles. The highest BCUT2D eigenvalue weighted by Gasteiger charge is 2.62. The second-order valence-electron chi connectivity index (χ2n) is 15.7. The summed E-state index contributed by atoms with van der Waals surface area (Å²) in [7, 11) is 0. The van der Waals surface area contributed by atoms with Gasteiger partial charge in [0.2, 0.25) is 0 Å². The van der Waals surface area contributed by atoms with Gasteiger partial charge in [0, 0.05) is 56.7 Å². The van der Waals surface area contributed by atoms with E-state index in [1.165, 1.54) is 19.3 Å². The number of morpholine rings is 2. The normalized spacial score (nSPS) is 41.9. The highest BCUT2D eigenvalue weighted by atomic mass is 19.1. The third-order valence-electron chi connectivity index (χ3n) is 13.2. The maximum atomic E-state index is 16.2. The Bertz CT molecular complexity index is 1220. The maximum absolute atomic E-state index is 16.2. The van der Waals surface area contributed by atoms with E-state index in [-0.39, 0.29) is 53.7 Å². The van der Waals surface area contributed by atoms with Gasteiger partial charge in [-0.25, -0.2) is 4.39 Å². The van der Waals surface area contributed by atoms with E-state index >= 15 is 4.39 Å². The van der Waals surface area contributed by atoms with Crippen molar-refractivity contribution in [1.29, 1.82) is 0 Å². The molecule has 2 N–H and O–H groups in total. The van der Waals surface area contributed by atoms with Crippen LogP contribution in [0.2, 0.25) is 0 Å². The molecule has 11 unspecified atom stereocenters. The number of carbonyl (C=O) groups is 3. The second-order valence-corrected chi connectivity index (χ2v) is 15.7. The minimum atomic E-state index is -1.26. The standard InChI is InChI=1S/C36H54FN5O5/c37-28-18-26-32-35(31(28)38-9-13-40-10-3-4-11-40)47-30-20-25-24(22-6-1-2-7-23(22)33(25)43)19-29(30)42(32)21-27(34(26)44)36(45)39-8-5-12-41-14-16-46-17-15-41/h21-26,28-32,35,38H,1-20H2,(H,39,45). The van der Waals surface area contributed by atoms with Crippen LogP contribution in [0.3, 0.4) is 0 Å². The van der Waals surface area contributed by atoms with Crippen LogP contribution in [0, 0.1) is 29.6 Å². The molecule has 4 saturated carbocycles. The first kappa shape index (κ1) is 32.3. The monoisotopic (exact) mass is 655 g/mol. The largest absolute Gasteiger partial charge is 0.379 e. The van der Waals surface area contributed by atoms with Gasteiger partial charge < -0.3 is 29.9 Å². The molecular weight excluding hydrogens is 601 g/mol. The van der Waals surface area contributed by atoms with Crippen molar-refractivity contribution in [2.45, 2.75) is 101 Å². The van der Waals surface area contributed by atoms with Gasteiger partial charge in [-0.3, -0.25) is 19.3 Å². The Kier molecular flexibility index (Phi) is 9.46. The summed E-state index contributed by atoms with van der Waals surface area (Å²) in [5, 5.41) is 6.55. The number of hydrogen-bond acceptors (Lipinski definition) is 9. The highest BCUT2D eigenvalue weighted by Crippen LogP contribution is 2.55. The van der Waals surface area contributed by atoms with Crippen molar-refractivity contribution in [2.24, 2.45) is 29.6 Å². The zero-order chi connectivity index (χ0) is 32.1. The lowest BCUT2D eigenvalue weighted by Crippen LogP contribution is -2.73. The lowest BCUT2D eigenvalue weighted by atomic mass is 9.66. The highest BCUT2D eigenvalue weighted by molar-refractivity contribution is 6.20. The average molecular weight is 656 g/mol. The average Bonchev–Trinajstić information content (AvgIpc) is 3.71. The Morgan fingerprint density at radius 2 is 1.66 bits per heavy atom. The summed E-state index contributed by atoms with van der Waals surface area (Å²) >= 11 is 0. The molecule has 0 bridgehead atoms. The first-order valence-corrected chi connectivity index (χ1v) is 18.9. The molecule has 260 valence electrons. The number of carbonyl (C=O) groups excluding carboxylic acids is 3. The topological polar surface area (TPSA) is 103 Å². The summed E-state index contributed by atoms with van der Waals surface area (Å²) in [5.41, 5.74) is 0.157. The predicted molar refractivity (Wildman–Crippen MR) is 173 cm³/mol. The molecule has 11 atom stereocenters. The van der Waals surface area contributed by atoms with E-state index in [1.54, 1.807) is 0 Å². The molecule has 1 amide bonds. The van der Waals surface area contributed by atoms with Crippen molar-refractivity contribution in [3.8, 4) is 0 Å². The van der Waals surface area contributed by atoms with Crippen molar-refractivity contribution >= 4 is 17.5 Å². The van der Waals surface area contributed by atoms with Crippen LogP contribution < -0.4 is 10.6 Å². The number of fused-ring (bicyclic) bond motifs is 5. The zero-order valence-electron chi connectivity index (χ0n) is 27.8. The Morgan fingerprint density at radius 1 is 0.872 bits per heavy atom. The lowest BCUT2D eigenvalue weighted by Gasteiger charge is -2.60. The molecule has 10 nitrogen and oxygen atoms in total. The van der Waals surface area contributed by atoms with E-state index in [0.29, 0.717) is 37.1 Å². The van der Waals surface area contributed by atoms with Gasteiger partial charge in [0.15, 0.2) is 5.78 Å². The summed E-state index contributed by atoms with van der Waals surface area (Å²) in [6.45, 7) is 8.34. The quantitative estimate of drug-likeness (QED) is 0.285. The van der Waals surface area contributed by atoms with Gasteiger partial charge in [-0.2, -0.15) is 0 Å². The van der Waals surface area contributed by atoms with E-state index in [9.17, 15) is 14.4 Å². The Hall–Kier alpha value is -1.92. The molecule has 4 heterocycles. The number of halogens is 1. The lowest BCUT2D eigenvalue weighted by molar-refractivity contribution is -0.206. The van der Waals surface area contributed by atoms with Gasteiger partial charge in [-0.15, -0.1) is 0 Å². The van der Waals surface area contributed by atoms with Crippen LogP contribution >= 0.6 is 0 Å². The smallest absolute Gasteiger partial charge is 0.256 e. The fourth-order valence-corrected chi connectivity index (χ4v) is 11.0. The Labute approximate surface area is 278 Å². The molecule has 0 aromatic carbocycles. The summed E-state index contributed by atoms with van der Waals surface area (Å²) in [5.74, 6) is 0.124. The third-order valence-corrected chi connectivity index (χ3v) is 13.2. The first-order chi connectivity index (χ1) is 23.0. The molecule has 0 spiro atoms. The molecule has 0 radical (unpaired) electrons. The minimum absolute atomic E-state index is 0.00711. The maximum Gasteiger partial charge on any atom is 0.256 e. The number of Topliss-reactive ketones (excluding diaryl/α,β-unsaturated/α-hetero) is 2. The zero-order valence-corrected chi connectivity index (χ0v) is 27.8. The fourth-order valence-electron chi connectivity index (χ4n) is 11.0. The molecule has 7 fully saturated rings. The molecule has 47 heavy (non-hydrogen) atoms. The van der Waals surface area contributed by atoms with E-state index < -0.39 is 24.2 Å². The number of nitrogens with one attached hydrogen (secondary N) is 2. The van der Waals surface area contributed by atoms with Crippen molar-refractivity contribution < 1.29 is 28.2 Å². The number of alkyl halides is 1. The summed E-state index contributed by atoms with van der Waals surface area (Å²) in [6.07, 6.45) is 9.06. The summed E-state index contributed by atoms with van der Waals surface area (Å²) in [4.78, 5) is 48.4. The second kappa shape index (κ2) is 13.8. The molecular formula is C36H54FN5O5. The molecule has 0 aromatic rings. The third kappa shape index (κ3) is 6.10. The Morgan fingerprint density at radius 3 is 2.49 bits per heavy atom. The van der Waals surface area contributed by atoms with Crippen molar-refractivity contribution in [2.75, 3.05) is 65.6 Å². The number of hydrogen-bond donors (Lipinski definition) is 2. The van der Waals surface area contributed by atoms with E-state index in [4.69, 9.17) is 9.47 Å². The molecule has 11 heteroatoms. The number of nitrogens with zero attached hydrogens (tertiary/aromatic N) is 3. The number of ether oxygens (including phenoxy) is 2. The van der Waals surface area contributed by atoms with Crippen molar-refractivity contribution in [3.05, 3.63) is 11.8 Å². The predicted octanol–water partition coefficient (Wildman–Crippen LogP) is 1.93. The van der Waals surface area contributed by atoms with Crippen LogP contribution in [-0.2, 0) is 23.9 Å². The van der Waals surface area contributed by atoms with E-state index in [2.05, 4.69) is 25.3 Å². The fraction of sp³-hybridized carbons (Fsp3) is 0.861. The van der Waals surface area contributed by atoms with Gasteiger partial charge in [-0.1, -0.05) is 12.8 Å². The number of amides is 1. The van der Waals surface area contributed by atoms with Crippen LogP contribution in [0.4, 0.5) is 4.39 Å². The van der Waals surface area contributed by atoms with Gasteiger partial charge >= 0.3 is 0 Å². The summed E-state index contributed by atoms with van der Waals surface area (Å²) in [6, 6.07) is -0.862. The first-order valence-electron chi connectivity index (χ1n) is 18.9. The number of likely N-dealkylation sites (tertiary alicyclic amines) is 1. The molecule has 4 aliphatic heterocycles. The molecule has 0 aromatic heterocycles. The molecule has 4 aliphatic carbocycles. The number of rotatable bonds is 9. The summed E-state index contributed by atoms with van der Waals surface area (Å²) < 4.78 is 28.6. The van der Waals surface area contributed by atoms with Crippen LogP contribution in [0.5, 0.6) is 0 Å². The van der Waals surface area contributed by atoms with Crippen LogP contribution in [0.15, 0.2) is 11.8 Å². The van der Waals surface area contributed by atoms with Gasteiger partial charge in [0.1, 0.15) is 12.0 Å². The van der Waals surface area contributed by atoms with Crippen LogP contribution in [-0.4, -0.2) is 134 Å². The van der Waals surface area contributed by atoms with Crippen LogP contribution in [0.25, 0.3) is 0 Å². The SMILES string of the molecule is O=C(NCCCN1CCOCC1)C1=CN2C3CC4C(CC3OC3C(NCCN5CCCC5)C(F)CC(C1=O)C32)C(=O)C1CCCCC14. The van der Waals surface area contributed by atoms with Crippen LogP contribution in [0.1, 0.15) is 64.2 Å². The molecule has 8 aliphatic rings. The Balaban J connectivity index is 1.03. The van der Waals surface area contributed by atoms with Gasteiger partial charge in [-0.05, 0) is 82.8 Å². The molecule has 8 rings (SSSR count). The minimum Gasteiger partial charge on any atom is -0.379 e. The van der Waals surface area contributed by atoms with Crippen molar-refractivity contribution in [1.82, 2.24) is 25.3 Å².